The van der Waals surface area contributed by atoms with Gasteiger partial charge in [0.1, 0.15) is 6.10 Å². The second kappa shape index (κ2) is 11.4. The monoisotopic (exact) mass is 493 g/mol. The summed E-state index contributed by atoms with van der Waals surface area (Å²) in [5, 5.41) is 12.5. The SMILES string of the molecule is CO[C@H]1O[C@H](CO)[C@@H](OC(=O)Nc2ccc3c(c2)OCO3)[C@@H]2OC(=O)CCC=CCCC(=O)O[C@@H]12. The van der Waals surface area contributed by atoms with E-state index in [-0.39, 0.29) is 19.6 Å². The highest BCUT2D eigenvalue weighted by atomic mass is 16.7. The van der Waals surface area contributed by atoms with E-state index in [0.29, 0.717) is 30.0 Å². The zero-order valence-electron chi connectivity index (χ0n) is 19.0. The van der Waals surface area contributed by atoms with Gasteiger partial charge in [-0.2, -0.15) is 0 Å². The van der Waals surface area contributed by atoms with Crippen LogP contribution in [-0.4, -0.2) is 74.4 Å². The van der Waals surface area contributed by atoms with Gasteiger partial charge in [0.25, 0.3) is 0 Å². The number of aliphatic hydroxyl groups excluding tert-OH is 1. The van der Waals surface area contributed by atoms with E-state index < -0.39 is 55.3 Å². The third kappa shape index (κ3) is 6.02. The third-order valence-corrected chi connectivity index (χ3v) is 5.60. The summed E-state index contributed by atoms with van der Waals surface area (Å²) in [5.41, 5.74) is 0.358. The number of nitrogens with one attached hydrogen (secondary N) is 1. The van der Waals surface area contributed by atoms with Crippen LogP contribution >= 0.6 is 0 Å². The molecule has 1 aromatic carbocycles. The van der Waals surface area contributed by atoms with E-state index in [1.165, 1.54) is 7.11 Å². The Morgan fingerprint density at radius 3 is 2.43 bits per heavy atom. The fourth-order valence-corrected chi connectivity index (χ4v) is 3.92. The average molecular weight is 493 g/mol. The van der Waals surface area contributed by atoms with Gasteiger partial charge in [-0.3, -0.25) is 14.9 Å². The van der Waals surface area contributed by atoms with Crippen molar-refractivity contribution in [3.8, 4) is 11.5 Å². The Morgan fingerprint density at radius 1 is 1.06 bits per heavy atom. The molecule has 0 aliphatic carbocycles. The van der Waals surface area contributed by atoms with Gasteiger partial charge in [0.2, 0.25) is 6.79 Å². The van der Waals surface area contributed by atoms with Gasteiger partial charge in [-0.25, -0.2) is 4.79 Å². The van der Waals surface area contributed by atoms with Crippen LogP contribution in [0, 0.1) is 0 Å². The topological polar surface area (TPSA) is 148 Å². The number of allylic oxidation sites excluding steroid dienone is 2. The van der Waals surface area contributed by atoms with Crippen LogP contribution in [0.2, 0.25) is 0 Å². The predicted molar refractivity (Wildman–Crippen MR) is 117 cm³/mol. The van der Waals surface area contributed by atoms with Gasteiger partial charge in [0.15, 0.2) is 36.1 Å². The summed E-state index contributed by atoms with van der Waals surface area (Å²) >= 11 is 0. The molecule has 3 heterocycles. The first kappa shape index (κ1) is 24.8. The minimum Gasteiger partial charge on any atom is -0.454 e. The molecule has 1 saturated heterocycles. The first-order chi connectivity index (χ1) is 17.0. The van der Waals surface area contributed by atoms with Crippen molar-refractivity contribution in [3.63, 3.8) is 0 Å². The van der Waals surface area contributed by atoms with Crippen molar-refractivity contribution in [1.82, 2.24) is 0 Å². The molecule has 0 radical (unpaired) electrons. The lowest BCUT2D eigenvalue weighted by atomic mass is 9.98. The molecule has 3 aliphatic rings. The minimum atomic E-state index is -1.30. The zero-order chi connectivity index (χ0) is 24.8. The molecule has 12 heteroatoms. The number of methoxy groups -OCH3 is 1. The first-order valence-electron chi connectivity index (χ1n) is 11.2. The molecular formula is C23H27NO11. The fourth-order valence-electron chi connectivity index (χ4n) is 3.92. The summed E-state index contributed by atoms with van der Waals surface area (Å²) < 4.78 is 38.2. The number of anilines is 1. The van der Waals surface area contributed by atoms with Crippen molar-refractivity contribution < 1.29 is 52.6 Å². The van der Waals surface area contributed by atoms with Crippen molar-refractivity contribution in [2.75, 3.05) is 25.8 Å². The molecule has 1 amide bonds. The molecule has 0 saturated carbocycles. The lowest BCUT2D eigenvalue weighted by Gasteiger charge is -2.43. The van der Waals surface area contributed by atoms with Gasteiger partial charge in [-0.05, 0) is 25.0 Å². The van der Waals surface area contributed by atoms with Crippen LogP contribution in [0.1, 0.15) is 25.7 Å². The smallest absolute Gasteiger partial charge is 0.412 e. The van der Waals surface area contributed by atoms with E-state index in [2.05, 4.69) is 5.32 Å². The van der Waals surface area contributed by atoms with Crippen LogP contribution in [-0.2, 0) is 33.3 Å². The molecule has 4 rings (SSSR count). The Hall–Kier alpha value is -3.35. The van der Waals surface area contributed by atoms with Crippen molar-refractivity contribution >= 4 is 23.7 Å². The summed E-state index contributed by atoms with van der Waals surface area (Å²) in [6.07, 6.45) is -2.47. The number of hydrogen-bond donors (Lipinski definition) is 2. The molecule has 2 N–H and O–H groups in total. The molecule has 0 unspecified atom stereocenters. The largest absolute Gasteiger partial charge is 0.454 e. The standard InChI is InChI=1S/C23H27NO11/c1-29-22-21-20(33-17(26)6-4-2-3-5-7-18(27)34-21)19(16(11-25)32-22)35-23(28)24-13-8-9-14-15(10-13)31-12-30-14/h2-3,8-10,16,19-22,25H,4-7,11-12H2,1H3,(H,24,28)/t16-,19-,20+,21-,22+/m1/s1. The lowest BCUT2D eigenvalue weighted by molar-refractivity contribution is -0.299. The van der Waals surface area contributed by atoms with E-state index in [1.54, 1.807) is 30.4 Å². The van der Waals surface area contributed by atoms with Crippen molar-refractivity contribution in [1.29, 1.82) is 0 Å². The van der Waals surface area contributed by atoms with Crippen molar-refractivity contribution in [3.05, 3.63) is 30.4 Å². The van der Waals surface area contributed by atoms with E-state index >= 15 is 0 Å². The van der Waals surface area contributed by atoms with Gasteiger partial charge in [-0.15, -0.1) is 0 Å². The van der Waals surface area contributed by atoms with Crippen LogP contribution in [0.4, 0.5) is 10.5 Å². The Labute approximate surface area is 201 Å². The number of fused-ring (bicyclic) bond motifs is 2. The molecule has 3 aliphatic heterocycles. The van der Waals surface area contributed by atoms with E-state index in [0.717, 1.165) is 0 Å². The lowest BCUT2D eigenvalue weighted by Crippen LogP contribution is -2.62. The van der Waals surface area contributed by atoms with Crippen LogP contribution in [0.15, 0.2) is 30.4 Å². The van der Waals surface area contributed by atoms with Crippen molar-refractivity contribution in [2.24, 2.45) is 0 Å². The van der Waals surface area contributed by atoms with Crippen LogP contribution in [0.25, 0.3) is 0 Å². The molecule has 5 atom stereocenters. The third-order valence-electron chi connectivity index (χ3n) is 5.60. The maximum Gasteiger partial charge on any atom is 0.412 e. The predicted octanol–water partition coefficient (Wildman–Crippen LogP) is 1.65. The summed E-state index contributed by atoms with van der Waals surface area (Å²) in [6.45, 7) is -0.510. The summed E-state index contributed by atoms with van der Waals surface area (Å²) in [4.78, 5) is 37.7. The van der Waals surface area contributed by atoms with Gasteiger partial charge in [0.05, 0.1) is 6.61 Å². The Kier molecular flexibility index (Phi) is 8.06. The molecule has 0 spiro atoms. The van der Waals surface area contributed by atoms with Crippen LogP contribution < -0.4 is 14.8 Å². The number of hydrogen-bond acceptors (Lipinski definition) is 11. The Morgan fingerprint density at radius 2 is 1.74 bits per heavy atom. The molecule has 0 bridgehead atoms. The highest BCUT2D eigenvalue weighted by molar-refractivity contribution is 5.85. The Bertz CT molecular complexity index is 965. The molecule has 1 fully saturated rings. The molecule has 0 aromatic heterocycles. The second-order valence-corrected chi connectivity index (χ2v) is 7.98. The van der Waals surface area contributed by atoms with Crippen LogP contribution in [0.5, 0.6) is 11.5 Å². The number of carbonyl (C=O) groups excluding carboxylic acids is 3. The number of esters is 2. The normalized spacial score (nSPS) is 28.6. The Balaban J connectivity index is 1.55. The maximum atomic E-state index is 12.8. The minimum absolute atomic E-state index is 0.0616. The van der Waals surface area contributed by atoms with Gasteiger partial charge in [0, 0.05) is 31.7 Å². The number of aliphatic hydroxyl groups is 1. The van der Waals surface area contributed by atoms with Crippen molar-refractivity contribution in [2.45, 2.75) is 56.4 Å². The second-order valence-electron chi connectivity index (χ2n) is 7.98. The summed E-state index contributed by atoms with van der Waals surface area (Å²) in [7, 11) is 1.32. The number of rotatable bonds is 4. The summed E-state index contributed by atoms with van der Waals surface area (Å²) in [6, 6.07) is 4.77. The highest BCUT2D eigenvalue weighted by Crippen LogP contribution is 2.35. The molecular weight excluding hydrogens is 466 g/mol. The van der Waals surface area contributed by atoms with Gasteiger partial charge < -0.3 is 38.3 Å². The zero-order valence-corrected chi connectivity index (χ0v) is 19.0. The fraction of sp³-hybridized carbons (Fsp3) is 0.522. The quantitative estimate of drug-likeness (QED) is 0.358. The van der Waals surface area contributed by atoms with Gasteiger partial charge in [-0.1, -0.05) is 12.2 Å². The van der Waals surface area contributed by atoms with Crippen LogP contribution in [0.3, 0.4) is 0 Å². The first-order valence-corrected chi connectivity index (χ1v) is 11.2. The average Bonchev–Trinajstić information content (AvgIpc) is 3.30. The number of amides is 1. The number of carbonyl (C=O) groups is 3. The molecule has 1 aromatic rings. The maximum absolute atomic E-state index is 12.8. The van der Waals surface area contributed by atoms with Gasteiger partial charge >= 0.3 is 18.0 Å². The van der Waals surface area contributed by atoms with E-state index in [4.69, 9.17) is 33.2 Å². The van der Waals surface area contributed by atoms with E-state index in [9.17, 15) is 19.5 Å². The highest BCUT2D eigenvalue weighted by Gasteiger charge is 2.52. The van der Waals surface area contributed by atoms with E-state index in [1.807, 2.05) is 0 Å². The number of benzene rings is 1. The number of ether oxygens (including phenoxy) is 7. The molecule has 35 heavy (non-hydrogen) atoms. The molecule has 12 nitrogen and oxygen atoms in total. The molecule has 190 valence electrons. The summed E-state index contributed by atoms with van der Waals surface area (Å²) in [5.74, 6) is -0.179.